The second-order valence-electron chi connectivity index (χ2n) is 2.91. The molecule has 0 bridgehead atoms. The molecular formula is C9H10N. The van der Waals surface area contributed by atoms with Crippen LogP contribution in [0.5, 0.6) is 0 Å². The molecule has 0 N–H and O–H groups in total. The van der Waals surface area contributed by atoms with Gasteiger partial charge in [0, 0.05) is 18.5 Å². The molecule has 0 atom stereocenters. The highest BCUT2D eigenvalue weighted by Crippen LogP contribution is 2.32. The highest BCUT2D eigenvalue weighted by molar-refractivity contribution is 5.09. The van der Waals surface area contributed by atoms with Crippen molar-refractivity contribution in [2.24, 2.45) is 5.92 Å². The summed E-state index contributed by atoms with van der Waals surface area (Å²) in [5, 5.41) is 0. The lowest BCUT2D eigenvalue weighted by molar-refractivity contribution is 0.829. The molecule has 2 rings (SSSR count). The van der Waals surface area contributed by atoms with Gasteiger partial charge < -0.3 is 0 Å². The van der Waals surface area contributed by atoms with Crippen molar-refractivity contribution in [2.75, 3.05) is 0 Å². The summed E-state index contributed by atoms with van der Waals surface area (Å²) in [6.07, 6.45) is 7.63. The topological polar surface area (TPSA) is 12.9 Å². The van der Waals surface area contributed by atoms with Crippen LogP contribution in [0.3, 0.4) is 0 Å². The van der Waals surface area contributed by atoms with Gasteiger partial charge in [0.2, 0.25) is 0 Å². The predicted octanol–water partition coefficient (Wildman–Crippen LogP) is 1.83. The first-order valence-corrected chi connectivity index (χ1v) is 3.76. The Morgan fingerprint density at radius 2 is 2.50 bits per heavy atom. The molecule has 0 unspecified atom stereocenters. The van der Waals surface area contributed by atoms with E-state index < -0.39 is 0 Å². The fourth-order valence-corrected chi connectivity index (χ4v) is 1.10. The molecule has 1 nitrogen and oxygen atoms in total. The fourth-order valence-electron chi connectivity index (χ4n) is 1.10. The van der Waals surface area contributed by atoms with Gasteiger partial charge in [0.15, 0.2) is 0 Å². The zero-order valence-electron chi connectivity index (χ0n) is 5.88. The van der Waals surface area contributed by atoms with E-state index in [1.807, 2.05) is 6.20 Å². The minimum atomic E-state index is 0.957. The van der Waals surface area contributed by atoms with E-state index in [0.29, 0.717) is 0 Å². The van der Waals surface area contributed by atoms with E-state index in [9.17, 15) is 0 Å². The van der Waals surface area contributed by atoms with E-state index in [1.54, 1.807) is 6.20 Å². The average Bonchev–Trinajstić information content (AvgIpc) is 2.74. The average molecular weight is 132 g/mol. The fraction of sp³-hybridized carbons (Fsp3) is 0.444. The van der Waals surface area contributed by atoms with E-state index in [0.717, 1.165) is 5.92 Å². The normalized spacial score (nSPS) is 17.2. The lowest BCUT2D eigenvalue weighted by Gasteiger charge is -1.94. The van der Waals surface area contributed by atoms with Crippen LogP contribution in [0.25, 0.3) is 0 Å². The van der Waals surface area contributed by atoms with Crippen molar-refractivity contribution in [1.29, 1.82) is 0 Å². The largest absolute Gasteiger partial charge is 0.264 e. The molecular weight excluding hydrogens is 122 g/mol. The first kappa shape index (κ1) is 5.90. The molecule has 1 saturated carbocycles. The highest BCUT2D eigenvalue weighted by Gasteiger charge is 2.20. The van der Waals surface area contributed by atoms with Crippen molar-refractivity contribution in [1.82, 2.24) is 4.98 Å². The standard InChI is InChI=1S/C9H10N/c1-2-8(1)7-9-3-5-10-6-4-9/h3,5-6,8H,1-2,7H2. The summed E-state index contributed by atoms with van der Waals surface area (Å²) >= 11 is 0. The molecule has 51 valence electrons. The van der Waals surface area contributed by atoms with E-state index in [-0.39, 0.29) is 0 Å². The lowest BCUT2D eigenvalue weighted by atomic mass is 10.1. The lowest BCUT2D eigenvalue weighted by Crippen LogP contribution is -1.86. The minimum Gasteiger partial charge on any atom is -0.264 e. The molecule has 10 heavy (non-hydrogen) atoms. The molecule has 1 fully saturated rings. The Kier molecular flexibility index (Phi) is 1.42. The van der Waals surface area contributed by atoms with Crippen molar-refractivity contribution < 1.29 is 0 Å². The molecule has 1 aromatic rings. The maximum atomic E-state index is 3.92. The molecule has 0 saturated heterocycles. The Morgan fingerprint density at radius 3 is 3.10 bits per heavy atom. The molecule has 1 aliphatic carbocycles. The van der Waals surface area contributed by atoms with Crippen LogP contribution in [0.15, 0.2) is 18.5 Å². The number of rotatable bonds is 2. The van der Waals surface area contributed by atoms with Crippen molar-refractivity contribution >= 4 is 0 Å². The van der Waals surface area contributed by atoms with Crippen LogP contribution in [0.4, 0.5) is 0 Å². The molecule has 0 amide bonds. The molecule has 1 aromatic heterocycles. The smallest absolute Gasteiger partial charge is 0.0349 e. The third kappa shape index (κ3) is 1.35. The zero-order valence-corrected chi connectivity index (χ0v) is 5.88. The van der Waals surface area contributed by atoms with Gasteiger partial charge in [0.05, 0.1) is 0 Å². The van der Waals surface area contributed by atoms with Crippen LogP contribution in [0.1, 0.15) is 18.4 Å². The van der Waals surface area contributed by atoms with E-state index >= 15 is 0 Å². The summed E-state index contributed by atoms with van der Waals surface area (Å²) in [4.78, 5) is 3.92. The molecule has 0 aromatic carbocycles. The first-order chi connectivity index (χ1) is 4.95. The van der Waals surface area contributed by atoms with Crippen molar-refractivity contribution in [3.05, 3.63) is 30.1 Å². The van der Waals surface area contributed by atoms with Crippen LogP contribution < -0.4 is 0 Å². The van der Waals surface area contributed by atoms with Gasteiger partial charge in [-0.3, -0.25) is 4.98 Å². The first-order valence-electron chi connectivity index (χ1n) is 3.76. The SMILES string of the molecule is [c]1cnccc1CC1CC1. The zero-order chi connectivity index (χ0) is 6.81. The van der Waals surface area contributed by atoms with Gasteiger partial charge >= 0.3 is 0 Å². The van der Waals surface area contributed by atoms with Crippen LogP contribution in [0, 0.1) is 12.0 Å². The van der Waals surface area contributed by atoms with Crippen LogP contribution in [-0.2, 0) is 6.42 Å². The minimum absolute atomic E-state index is 0.957. The Hall–Kier alpha value is -0.850. The second kappa shape index (κ2) is 2.41. The van der Waals surface area contributed by atoms with Gasteiger partial charge in [0.25, 0.3) is 0 Å². The van der Waals surface area contributed by atoms with Gasteiger partial charge in [-0.15, -0.1) is 0 Å². The Bertz CT molecular complexity index is 201. The summed E-state index contributed by atoms with van der Waals surface area (Å²) in [5.41, 5.74) is 1.32. The maximum Gasteiger partial charge on any atom is 0.0349 e. The number of pyridine rings is 1. The molecule has 1 aliphatic rings. The number of hydrogen-bond donors (Lipinski definition) is 0. The predicted molar refractivity (Wildman–Crippen MR) is 39.5 cm³/mol. The summed E-state index contributed by atoms with van der Waals surface area (Å²) in [5.74, 6) is 0.957. The van der Waals surface area contributed by atoms with E-state index in [2.05, 4.69) is 17.1 Å². The van der Waals surface area contributed by atoms with Crippen LogP contribution >= 0.6 is 0 Å². The third-order valence-electron chi connectivity index (χ3n) is 1.89. The summed E-state index contributed by atoms with van der Waals surface area (Å²) in [6.45, 7) is 0. The maximum absolute atomic E-state index is 3.92. The Morgan fingerprint density at radius 1 is 1.60 bits per heavy atom. The monoisotopic (exact) mass is 132 g/mol. The number of aromatic nitrogens is 1. The van der Waals surface area contributed by atoms with Crippen molar-refractivity contribution in [3.63, 3.8) is 0 Å². The van der Waals surface area contributed by atoms with Crippen molar-refractivity contribution in [3.8, 4) is 0 Å². The number of nitrogens with zero attached hydrogens (tertiary/aromatic N) is 1. The van der Waals surface area contributed by atoms with Gasteiger partial charge in [0.1, 0.15) is 0 Å². The molecule has 0 aliphatic heterocycles. The number of hydrogen-bond acceptors (Lipinski definition) is 1. The molecule has 1 heterocycles. The molecule has 1 heteroatoms. The van der Waals surface area contributed by atoms with Gasteiger partial charge in [-0.1, -0.05) is 0 Å². The van der Waals surface area contributed by atoms with Gasteiger partial charge in [-0.05, 0) is 36.8 Å². The van der Waals surface area contributed by atoms with Crippen molar-refractivity contribution in [2.45, 2.75) is 19.3 Å². The Balaban J connectivity index is 2.03. The summed E-state index contributed by atoms with van der Waals surface area (Å²) in [6, 6.07) is 5.18. The third-order valence-corrected chi connectivity index (χ3v) is 1.89. The van der Waals surface area contributed by atoms with Crippen LogP contribution in [-0.4, -0.2) is 4.98 Å². The van der Waals surface area contributed by atoms with Gasteiger partial charge in [-0.2, -0.15) is 0 Å². The molecule has 0 spiro atoms. The summed E-state index contributed by atoms with van der Waals surface area (Å²) < 4.78 is 0. The van der Waals surface area contributed by atoms with E-state index in [1.165, 1.54) is 24.8 Å². The van der Waals surface area contributed by atoms with Crippen LogP contribution in [0.2, 0.25) is 0 Å². The molecule has 1 radical (unpaired) electrons. The second-order valence-corrected chi connectivity index (χ2v) is 2.91. The van der Waals surface area contributed by atoms with E-state index in [4.69, 9.17) is 0 Å². The Labute approximate surface area is 61.1 Å². The summed E-state index contributed by atoms with van der Waals surface area (Å²) in [7, 11) is 0. The quantitative estimate of drug-likeness (QED) is 0.598. The van der Waals surface area contributed by atoms with Gasteiger partial charge in [-0.25, -0.2) is 0 Å². The highest BCUT2D eigenvalue weighted by atomic mass is 14.6.